The number of piperidine rings is 1. The average molecular weight is 383 g/mol. The molecular formula is C24H34N2O2. The van der Waals surface area contributed by atoms with Gasteiger partial charge in [0.15, 0.2) is 0 Å². The van der Waals surface area contributed by atoms with E-state index in [1.54, 1.807) is 0 Å². The number of hydrogen-bond donors (Lipinski definition) is 1. The summed E-state index contributed by atoms with van der Waals surface area (Å²) in [6, 6.07) is 7.17. The van der Waals surface area contributed by atoms with Gasteiger partial charge in [-0.3, -0.25) is 9.69 Å². The maximum absolute atomic E-state index is 11.9. The monoisotopic (exact) mass is 382 g/mol. The minimum Gasteiger partial charge on any atom is -0.426 e. The Kier molecular flexibility index (Phi) is 4.96. The third kappa shape index (κ3) is 3.09. The molecule has 0 radical (unpaired) electrons. The number of likely N-dealkylation sites (tertiary alicyclic amines) is 1. The summed E-state index contributed by atoms with van der Waals surface area (Å²) in [7, 11) is 0. The first kappa shape index (κ1) is 18.6. The van der Waals surface area contributed by atoms with E-state index in [1.807, 2.05) is 6.07 Å². The highest BCUT2D eigenvalue weighted by Crippen LogP contribution is 2.56. The molecule has 152 valence electrons. The number of hydrogen-bond acceptors (Lipinski definition) is 4. The summed E-state index contributed by atoms with van der Waals surface area (Å²) in [5, 5.41) is 0. The molecule has 3 fully saturated rings. The first-order chi connectivity index (χ1) is 13.7. The van der Waals surface area contributed by atoms with Gasteiger partial charge >= 0.3 is 5.97 Å². The quantitative estimate of drug-likeness (QED) is 0.622. The molecule has 2 bridgehead atoms. The summed E-state index contributed by atoms with van der Waals surface area (Å²) >= 11 is 0. The number of rotatable bonds is 5. The lowest BCUT2D eigenvalue weighted by atomic mass is 9.52. The summed E-state index contributed by atoms with van der Waals surface area (Å²) in [5.41, 5.74) is 8.81. The molecule has 1 aromatic carbocycles. The van der Waals surface area contributed by atoms with Gasteiger partial charge < -0.3 is 10.5 Å². The normalized spacial score (nSPS) is 32.2. The van der Waals surface area contributed by atoms with Gasteiger partial charge in [0.05, 0.1) is 6.42 Å². The number of nitrogens with two attached hydrogens (primary N) is 1. The van der Waals surface area contributed by atoms with Gasteiger partial charge in [-0.05, 0) is 80.2 Å². The van der Waals surface area contributed by atoms with E-state index in [0.29, 0.717) is 23.8 Å². The highest BCUT2D eigenvalue weighted by Gasteiger charge is 2.54. The minimum absolute atomic E-state index is 0.218. The Morgan fingerprint density at radius 1 is 1.18 bits per heavy atom. The van der Waals surface area contributed by atoms with Gasteiger partial charge in [0, 0.05) is 24.5 Å². The molecule has 0 aromatic heterocycles. The molecule has 0 amide bonds. The van der Waals surface area contributed by atoms with Crippen molar-refractivity contribution >= 4 is 5.97 Å². The summed E-state index contributed by atoms with van der Waals surface area (Å²) in [6.45, 7) is 2.91. The van der Waals surface area contributed by atoms with Crippen molar-refractivity contribution in [1.29, 1.82) is 0 Å². The molecule has 3 aliphatic carbocycles. The van der Waals surface area contributed by atoms with E-state index >= 15 is 0 Å². The maximum Gasteiger partial charge on any atom is 0.312 e. The second-order valence-electron chi connectivity index (χ2n) is 9.65. The lowest BCUT2D eigenvalue weighted by Crippen LogP contribution is -2.61. The van der Waals surface area contributed by atoms with Crippen LogP contribution in [0.25, 0.3) is 0 Å². The standard InChI is InChI=1S/C24H34N2O2/c25-12-9-23(27)28-19-8-7-18-14-22-20-6-1-2-10-24(20,21(18)15-19)11-13-26(22)16-17-4-3-5-17/h7-8,15,17,20,22H,1-6,9-14,16,25H2/t20-,22+,24+/m0/s1. The van der Waals surface area contributed by atoms with Crippen LogP contribution in [0.3, 0.4) is 0 Å². The SMILES string of the molecule is NCCC(=O)Oc1ccc2c(c1)[C@@]13CCCC[C@H]1[C@@H](C2)N(CC1CCC1)CC3. The van der Waals surface area contributed by atoms with E-state index in [-0.39, 0.29) is 12.4 Å². The summed E-state index contributed by atoms with van der Waals surface area (Å²) < 4.78 is 5.60. The Labute approximate surface area is 168 Å². The van der Waals surface area contributed by atoms with Crippen LogP contribution in [0.1, 0.15) is 68.9 Å². The van der Waals surface area contributed by atoms with Crippen molar-refractivity contribution in [2.24, 2.45) is 17.6 Å². The predicted molar refractivity (Wildman–Crippen MR) is 110 cm³/mol. The second-order valence-corrected chi connectivity index (χ2v) is 9.65. The molecule has 1 saturated heterocycles. The molecule has 4 heteroatoms. The van der Waals surface area contributed by atoms with Crippen molar-refractivity contribution in [3.05, 3.63) is 29.3 Å². The summed E-state index contributed by atoms with van der Waals surface area (Å²) in [5.74, 6) is 2.22. The molecule has 5 rings (SSSR count). The van der Waals surface area contributed by atoms with Gasteiger partial charge in [-0.25, -0.2) is 0 Å². The van der Waals surface area contributed by atoms with Gasteiger partial charge in [-0.2, -0.15) is 0 Å². The molecule has 0 unspecified atom stereocenters. The fourth-order valence-corrected chi connectivity index (χ4v) is 6.66. The smallest absolute Gasteiger partial charge is 0.312 e. The second kappa shape index (κ2) is 7.46. The van der Waals surface area contributed by atoms with Gasteiger partial charge in [-0.1, -0.05) is 25.3 Å². The van der Waals surface area contributed by atoms with Gasteiger partial charge in [0.1, 0.15) is 5.75 Å². The number of nitrogens with zero attached hydrogens (tertiary/aromatic N) is 1. The minimum atomic E-state index is -0.218. The molecular weight excluding hydrogens is 348 g/mol. The Balaban J connectivity index is 1.45. The molecule has 3 atom stereocenters. The largest absolute Gasteiger partial charge is 0.426 e. The van der Waals surface area contributed by atoms with Crippen LogP contribution >= 0.6 is 0 Å². The Morgan fingerprint density at radius 3 is 2.86 bits per heavy atom. The van der Waals surface area contributed by atoms with Crippen molar-refractivity contribution in [2.45, 2.75) is 75.7 Å². The van der Waals surface area contributed by atoms with Gasteiger partial charge in [0.2, 0.25) is 0 Å². The number of carbonyl (C=O) groups is 1. The summed E-state index contributed by atoms with van der Waals surface area (Å²) in [6.07, 6.45) is 12.4. The van der Waals surface area contributed by atoms with E-state index in [1.165, 1.54) is 82.0 Å². The zero-order valence-corrected chi connectivity index (χ0v) is 17.0. The molecule has 4 aliphatic rings. The zero-order valence-electron chi connectivity index (χ0n) is 17.0. The van der Waals surface area contributed by atoms with Crippen LogP contribution < -0.4 is 10.5 Å². The average Bonchev–Trinajstić information content (AvgIpc) is 2.66. The molecule has 28 heavy (non-hydrogen) atoms. The highest BCUT2D eigenvalue weighted by molar-refractivity contribution is 5.72. The lowest BCUT2D eigenvalue weighted by Gasteiger charge is -2.59. The van der Waals surface area contributed by atoms with Crippen LogP contribution in [-0.4, -0.2) is 36.5 Å². The lowest BCUT2D eigenvalue weighted by molar-refractivity contribution is -0.134. The Morgan fingerprint density at radius 2 is 2.07 bits per heavy atom. The van der Waals surface area contributed by atoms with Crippen LogP contribution in [0.2, 0.25) is 0 Å². The van der Waals surface area contributed by atoms with Crippen molar-refractivity contribution in [1.82, 2.24) is 4.90 Å². The fourth-order valence-electron chi connectivity index (χ4n) is 6.66. The van der Waals surface area contributed by atoms with E-state index in [0.717, 1.165) is 11.8 Å². The first-order valence-corrected chi connectivity index (χ1v) is 11.5. The molecule has 0 spiro atoms. The van der Waals surface area contributed by atoms with E-state index in [4.69, 9.17) is 10.5 Å². The molecule has 4 nitrogen and oxygen atoms in total. The topological polar surface area (TPSA) is 55.6 Å². The molecule has 1 aromatic rings. The number of carbonyl (C=O) groups excluding carboxylic acids is 1. The van der Waals surface area contributed by atoms with E-state index in [9.17, 15) is 4.79 Å². The molecule has 2 saturated carbocycles. The molecule has 1 heterocycles. The predicted octanol–water partition coefficient (Wildman–Crippen LogP) is 3.80. The van der Waals surface area contributed by atoms with Crippen LogP contribution in [-0.2, 0) is 16.6 Å². The highest BCUT2D eigenvalue weighted by atomic mass is 16.5. The van der Waals surface area contributed by atoms with Crippen LogP contribution in [0.4, 0.5) is 0 Å². The van der Waals surface area contributed by atoms with Crippen molar-refractivity contribution in [2.75, 3.05) is 19.6 Å². The zero-order chi connectivity index (χ0) is 19.1. The van der Waals surface area contributed by atoms with Crippen molar-refractivity contribution in [3.8, 4) is 5.75 Å². The number of fused-ring (bicyclic) bond motifs is 1. The number of esters is 1. The van der Waals surface area contributed by atoms with E-state index in [2.05, 4.69) is 17.0 Å². The summed E-state index contributed by atoms with van der Waals surface area (Å²) in [4.78, 5) is 14.8. The third-order valence-electron chi connectivity index (χ3n) is 8.22. The van der Waals surface area contributed by atoms with Crippen molar-refractivity contribution < 1.29 is 9.53 Å². The maximum atomic E-state index is 11.9. The van der Waals surface area contributed by atoms with Gasteiger partial charge in [0.25, 0.3) is 0 Å². The number of benzene rings is 1. The van der Waals surface area contributed by atoms with Crippen LogP contribution in [0.15, 0.2) is 18.2 Å². The van der Waals surface area contributed by atoms with Gasteiger partial charge in [-0.15, -0.1) is 0 Å². The molecule has 2 N–H and O–H groups in total. The number of ether oxygens (including phenoxy) is 1. The van der Waals surface area contributed by atoms with Crippen molar-refractivity contribution in [3.63, 3.8) is 0 Å². The first-order valence-electron chi connectivity index (χ1n) is 11.5. The van der Waals surface area contributed by atoms with Crippen LogP contribution in [0, 0.1) is 11.8 Å². The van der Waals surface area contributed by atoms with Crippen LogP contribution in [0.5, 0.6) is 5.75 Å². The molecule has 1 aliphatic heterocycles. The Hall–Kier alpha value is -1.39. The van der Waals surface area contributed by atoms with E-state index < -0.39 is 0 Å². The third-order valence-corrected chi connectivity index (χ3v) is 8.22. The fraction of sp³-hybridized carbons (Fsp3) is 0.708. The Bertz CT molecular complexity index is 744.